The third-order valence-corrected chi connectivity index (χ3v) is 4.71. The van der Waals surface area contributed by atoms with Crippen LogP contribution in [0.1, 0.15) is 30.8 Å². The van der Waals surface area contributed by atoms with Crippen LogP contribution in [0.5, 0.6) is 0 Å². The van der Waals surface area contributed by atoms with Crippen LogP contribution in [0.25, 0.3) is 0 Å². The van der Waals surface area contributed by atoms with Crippen LogP contribution in [0.2, 0.25) is 0 Å². The molecule has 0 unspecified atom stereocenters. The van der Waals surface area contributed by atoms with Gasteiger partial charge in [-0.05, 0) is 44.4 Å². The summed E-state index contributed by atoms with van der Waals surface area (Å²) in [5.74, 6) is 2.08. The monoisotopic (exact) mass is 285 g/mol. The largest absolute Gasteiger partial charge is 0.465 e. The van der Waals surface area contributed by atoms with Gasteiger partial charge in [-0.1, -0.05) is 22.4 Å². The number of rotatable bonds is 5. The van der Waals surface area contributed by atoms with Crippen LogP contribution in [-0.4, -0.2) is 23.8 Å². The van der Waals surface area contributed by atoms with Gasteiger partial charge in [-0.3, -0.25) is 4.90 Å². The predicted octanol–water partition coefficient (Wildman–Crippen LogP) is 3.59. The lowest BCUT2D eigenvalue weighted by molar-refractivity contribution is 0.0986. The third kappa shape index (κ3) is 2.69. The Morgan fingerprint density at radius 2 is 2.19 bits per heavy atom. The molecule has 0 atom stereocenters. The first kappa shape index (κ1) is 12.2. The van der Waals surface area contributed by atoms with E-state index in [9.17, 15) is 0 Å². The second-order valence-corrected chi connectivity index (χ2v) is 5.73. The number of alkyl halides is 1. The lowest BCUT2D eigenvalue weighted by Gasteiger charge is -2.43. The molecule has 0 aromatic carbocycles. The Kier molecular flexibility index (Phi) is 3.75. The molecule has 1 aromatic rings. The van der Waals surface area contributed by atoms with Crippen molar-refractivity contribution in [1.82, 2.24) is 4.90 Å². The van der Waals surface area contributed by atoms with Crippen LogP contribution in [0.3, 0.4) is 0 Å². The van der Waals surface area contributed by atoms with Gasteiger partial charge in [-0.25, -0.2) is 0 Å². The molecule has 1 aromatic heterocycles. The van der Waals surface area contributed by atoms with Gasteiger partial charge in [0.1, 0.15) is 11.5 Å². The van der Waals surface area contributed by atoms with E-state index in [0.717, 1.165) is 29.9 Å². The Bertz CT molecular complexity index is 338. The minimum Gasteiger partial charge on any atom is -0.465 e. The van der Waals surface area contributed by atoms with Crippen LogP contribution in [-0.2, 0) is 6.54 Å². The number of aryl methyl sites for hydroxylation is 1. The van der Waals surface area contributed by atoms with Crippen molar-refractivity contribution in [3.05, 3.63) is 23.7 Å². The minimum atomic E-state index is 0.524. The molecule has 0 amide bonds. The summed E-state index contributed by atoms with van der Waals surface area (Å²) in [6.07, 6.45) is 4.11. The SMILES string of the molecule is Cc1ccc(CN(C)CC2(CBr)CCC2)o1. The van der Waals surface area contributed by atoms with Crippen molar-refractivity contribution in [2.45, 2.75) is 32.7 Å². The van der Waals surface area contributed by atoms with Gasteiger partial charge in [0, 0.05) is 11.9 Å². The van der Waals surface area contributed by atoms with Gasteiger partial charge in [0.2, 0.25) is 0 Å². The summed E-state index contributed by atoms with van der Waals surface area (Å²) >= 11 is 3.65. The zero-order valence-corrected chi connectivity index (χ0v) is 11.7. The molecule has 0 aliphatic heterocycles. The maximum atomic E-state index is 5.60. The molecule has 0 radical (unpaired) electrons. The molecule has 0 bridgehead atoms. The molecule has 0 N–H and O–H groups in total. The second-order valence-electron chi connectivity index (χ2n) is 5.17. The third-order valence-electron chi connectivity index (χ3n) is 3.52. The van der Waals surface area contributed by atoms with Crippen LogP contribution in [0.15, 0.2) is 16.5 Å². The highest BCUT2D eigenvalue weighted by molar-refractivity contribution is 9.09. The first-order chi connectivity index (χ1) is 7.63. The van der Waals surface area contributed by atoms with Crippen molar-refractivity contribution in [3.63, 3.8) is 0 Å². The fourth-order valence-electron chi connectivity index (χ4n) is 2.48. The molecule has 90 valence electrons. The Balaban J connectivity index is 1.86. The van der Waals surface area contributed by atoms with Crippen LogP contribution < -0.4 is 0 Å². The van der Waals surface area contributed by atoms with Gasteiger partial charge >= 0.3 is 0 Å². The van der Waals surface area contributed by atoms with E-state index in [1.54, 1.807) is 0 Å². The van der Waals surface area contributed by atoms with Gasteiger partial charge in [0.25, 0.3) is 0 Å². The first-order valence-corrected chi connectivity index (χ1v) is 7.06. The highest BCUT2D eigenvalue weighted by Crippen LogP contribution is 2.42. The average Bonchev–Trinajstić information content (AvgIpc) is 2.57. The Morgan fingerprint density at radius 1 is 1.44 bits per heavy atom. The highest BCUT2D eigenvalue weighted by Gasteiger charge is 2.36. The summed E-state index contributed by atoms with van der Waals surface area (Å²) < 4.78 is 5.60. The lowest BCUT2D eigenvalue weighted by atomic mass is 9.70. The number of hydrogen-bond donors (Lipinski definition) is 0. The second kappa shape index (κ2) is 4.92. The van der Waals surface area contributed by atoms with Gasteiger partial charge in [-0.2, -0.15) is 0 Å². The number of halogens is 1. The molecule has 1 aliphatic carbocycles. The van der Waals surface area contributed by atoms with E-state index in [1.807, 2.05) is 13.0 Å². The van der Waals surface area contributed by atoms with Crippen LogP contribution in [0.4, 0.5) is 0 Å². The van der Waals surface area contributed by atoms with E-state index in [0.29, 0.717) is 5.41 Å². The van der Waals surface area contributed by atoms with Crippen molar-refractivity contribution in [3.8, 4) is 0 Å². The van der Waals surface area contributed by atoms with Crippen LogP contribution >= 0.6 is 15.9 Å². The molecule has 1 heterocycles. The number of furan rings is 1. The van der Waals surface area contributed by atoms with E-state index in [1.165, 1.54) is 19.3 Å². The normalized spacial score (nSPS) is 18.8. The molecule has 0 saturated heterocycles. The summed E-state index contributed by atoms with van der Waals surface area (Å²) in [7, 11) is 2.18. The lowest BCUT2D eigenvalue weighted by Crippen LogP contribution is -2.41. The summed E-state index contributed by atoms with van der Waals surface area (Å²) in [5.41, 5.74) is 0.524. The summed E-state index contributed by atoms with van der Waals surface area (Å²) in [5, 5.41) is 1.13. The zero-order valence-electron chi connectivity index (χ0n) is 10.1. The molecule has 0 spiro atoms. The molecule has 16 heavy (non-hydrogen) atoms. The van der Waals surface area contributed by atoms with Gasteiger partial charge in [0.15, 0.2) is 0 Å². The van der Waals surface area contributed by atoms with E-state index in [2.05, 4.69) is 33.9 Å². The zero-order chi connectivity index (χ0) is 11.6. The Labute approximate surface area is 106 Å². The van der Waals surface area contributed by atoms with Crippen molar-refractivity contribution in [2.75, 3.05) is 18.9 Å². The molecular formula is C13H20BrNO. The van der Waals surface area contributed by atoms with Crippen molar-refractivity contribution in [2.24, 2.45) is 5.41 Å². The van der Waals surface area contributed by atoms with E-state index >= 15 is 0 Å². The Morgan fingerprint density at radius 3 is 2.62 bits per heavy atom. The van der Waals surface area contributed by atoms with Gasteiger partial charge in [0.05, 0.1) is 6.54 Å². The molecule has 1 saturated carbocycles. The molecule has 2 rings (SSSR count). The quantitative estimate of drug-likeness (QED) is 0.769. The Hall–Kier alpha value is -0.280. The first-order valence-electron chi connectivity index (χ1n) is 5.93. The number of hydrogen-bond acceptors (Lipinski definition) is 2. The highest BCUT2D eigenvalue weighted by atomic mass is 79.9. The molecule has 3 heteroatoms. The number of nitrogens with zero attached hydrogens (tertiary/aromatic N) is 1. The smallest absolute Gasteiger partial charge is 0.118 e. The summed E-state index contributed by atoms with van der Waals surface area (Å²) in [6, 6.07) is 4.11. The summed E-state index contributed by atoms with van der Waals surface area (Å²) in [4.78, 5) is 2.37. The molecule has 1 fully saturated rings. The summed E-state index contributed by atoms with van der Waals surface area (Å²) in [6.45, 7) is 4.08. The van der Waals surface area contributed by atoms with Gasteiger partial charge in [-0.15, -0.1) is 0 Å². The fraction of sp³-hybridized carbons (Fsp3) is 0.692. The van der Waals surface area contributed by atoms with E-state index < -0.39 is 0 Å². The molecular weight excluding hydrogens is 266 g/mol. The standard InChI is InChI=1S/C13H20BrNO/c1-11-4-5-12(16-11)8-15(2)10-13(9-14)6-3-7-13/h4-5H,3,6-10H2,1-2H3. The minimum absolute atomic E-state index is 0.524. The van der Waals surface area contributed by atoms with Crippen molar-refractivity contribution < 1.29 is 4.42 Å². The maximum absolute atomic E-state index is 5.60. The van der Waals surface area contributed by atoms with E-state index in [-0.39, 0.29) is 0 Å². The van der Waals surface area contributed by atoms with Crippen molar-refractivity contribution >= 4 is 15.9 Å². The maximum Gasteiger partial charge on any atom is 0.118 e. The van der Waals surface area contributed by atoms with Crippen molar-refractivity contribution in [1.29, 1.82) is 0 Å². The van der Waals surface area contributed by atoms with Crippen LogP contribution in [0, 0.1) is 12.3 Å². The fourth-order valence-corrected chi connectivity index (χ4v) is 3.21. The van der Waals surface area contributed by atoms with Gasteiger partial charge < -0.3 is 4.42 Å². The average molecular weight is 286 g/mol. The molecule has 1 aliphatic rings. The topological polar surface area (TPSA) is 16.4 Å². The predicted molar refractivity (Wildman–Crippen MR) is 69.9 cm³/mol. The van der Waals surface area contributed by atoms with E-state index in [4.69, 9.17) is 4.42 Å². The molecule has 2 nitrogen and oxygen atoms in total.